The maximum atomic E-state index is 11.4. The molecule has 3 nitrogen and oxygen atoms in total. The molecule has 0 bridgehead atoms. The fraction of sp³-hybridized carbons (Fsp3) is 0.316. The van der Waals surface area contributed by atoms with E-state index in [0.717, 1.165) is 5.69 Å². The number of carbonyl (C=O) groups is 1. The highest BCUT2D eigenvalue weighted by Crippen LogP contribution is 2.16. The first-order chi connectivity index (χ1) is 10.5. The Morgan fingerprint density at radius 1 is 0.818 bits per heavy atom. The average molecular weight is 298 g/mol. The molecule has 0 fully saturated rings. The number of carbonyl (C=O) groups excluding carboxylic acids is 1. The summed E-state index contributed by atoms with van der Waals surface area (Å²) >= 11 is 0. The van der Waals surface area contributed by atoms with Crippen LogP contribution in [-0.4, -0.2) is 12.1 Å². The van der Waals surface area contributed by atoms with Crippen LogP contribution < -0.4 is 10.6 Å². The van der Waals surface area contributed by atoms with Crippen LogP contribution in [0.1, 0.15) is 39.2 Å². The van der Waals surface area contributed by atoms with Crippen molar-refractivity contribution >= 4 is 11.7 Å². The van der Waals surface area contributed by atoms with E-state index in [1.54, 1.807) is 0 Å². The van der Waals surface area contributed by atoms with Crippen molar-refractivity contribution < 1.29 is 4.79 Å². The molecule has 22 heavy (non-hydrogen) atoms. The average Bonchev–Trinajstić information content (AvgIpc) is 2.49. The third kappa shape index (κ3) is 7.48. The lowest BCUT2D eigenvalue weighted by atomic mass is 10.0. The van der Waals surface area contributed by atoms with Gasteiger partial charge in [0.25, 0.3) is 0 Å². The van der Waals surface area contributed by atoms with Crippen molar-refractivity contribution in [3.63, 3.8) is 0 Å². The van der Waals surface area contributed by atoms with E-state index in [-0.39, 0.29) is 12.1 Å². The molecule has 0 aliphatic heterocycles. The fourth-order valence-electron chi connectivity index (χ4n) is 1.77. The Labute approximate surface area is 133 Å². The van der Waals surface area contributed by atoms with Crippen molar-refractivity contribution in [2.24, 2.45) is 0 Å². The van der Waals surface area contributed by atoms with Crippen LogP contribution in [0.4, 0.5) is 10.5 Å². The molecule has 0 atom stereocenters. The van der Waals surface area contributed by atoms with Crippen LogP contribution >= 0.6 is 0 Å². The lowest BCUT2D eigenvalue weighted by Crippen LogP contribution is -2.34. The molecule has 0 saturated heterocycles. The molecule has 0 radical (unpaired) electrons. The Kier molecular flexibility index (Phi) is 7.76. The van der Waals surface area contributed by atoms with Gasteiger partial charge in [-0.25, -0.2) is 4.79 Å². The Morgan fingerprint density at radius 2 is 1.27 bits per heavy atom. The van der Waals surface area contributed by atoms with E-state index >= 15 is 0 Å². The Hall–Kier alpha value is -2.29. The summed E-state index contributed by atoms with van der Waals surface area (Å²) in [5, 5.41) is 5.57. The van der Waals surface area contributed by atoms with Crippen LogP contribution in [0.15, 0.2) is 60.7 Å². The zero-order valence-electron chi connectivity index (χ0n) is 13.8. The molecule has 0 aliphatic carbocycles. The van der Waals surface area contributed by atoms with E-state index in [1.807, 2.05) is 74.5 Å². The molecule has 2 amide bonds. The third-order valence-electron chi connectivity index (χ3n) is 2.92. The molecule has 2 aromatic rings. The van der Waals surface area contributed by atoms with Gasteiger partial charge in [-0.15, -0.1) is 0 Å². The SMILES string of the molecule is CC(C)NC(=O)Nc1ccc(C(C)C)cc1.c1ccccc1. The normalized spacial score (nSPS) is 9.91. The second-order valence-corrected chi connectivity index (χ2v) is 5.68. The van der Waals surface area contributed by atoms with Crippen molar-refractivity contribution in [2.45, 2.75) is 39.7 Å². The fourth-order valence-corrected chi connectivity index (χ4v) is 1.77. The lowest BCUT2D eigenvalue weighted by Gasteiger charge is -2.11. The number of amides is 2. The molecule has 0 aromatic heterocycles. The molecule has 0 aliphatic rings. The summed E-state index contributed by atoms with van der Waals surface area (Å²) in [5.74, 6) is 0.513. The molecule has 0 saturated carbocycles. The van der Waals surface area contributed by atoms with Crippen molar-refractivity contribution in [1.82, 2.24) is 5.32 Å². The Morgan fingerprint density at radius 3 is 1.64 bits per heavy atom. The molecular formula is C19H26N2O. The minimum Gasteiger partial charge on any atom is -0.336 e. The number of anilines is 1. The molecule has 2 N–H and O–H groups in total. The maximum Gasteiger partial charge on any atom is 0.319 e. The van der Waals surface area contributed by atoms with E-state index in [0.29, 0.717) is 5.92 Å². The molecule has 0 heterocycles. The highest BCUT2D eigenvalue weighted by atomic mass is 16.2. The molecule has 0 unspecified atom stereocenters. The molecule has 118 valence electrons. The minimum atomic E-state index is -0.160. The number of hydrogen-bond acceptors (Lipinski definition) is 1. The maximum absolute atomic E-state index is 11.4. The van der Waals surface area contributed by atoms with Crippen LogP contribution in [0.25, 0.3) is 0 Å². The first-order valence-electron chi connectivity index (χ1n) is 7.66. The van der Waals surface area contributed by atoms with Gasteiger partial charge in [0.05, 0.1) is 0 Å². The van der Waals surface area contributed by atoms with Gasteiger partial charge >= 0.3 is 6.03 Å². The zero-order chi connectivity index (χ0) is 16.4. The summed E-state index contributed by atoms with van der Waals surface area (Å²) in [7, 11) is 0. The van der Waals surface area contributed by atoms with Gasteiger partial charge in [0.1, 0.15) is 0 Å². The number of nitrogens with one attached hydrogen (secondary N) is 2. The van der Waals surface area contributed by atoms with Crippen LogP contribution in [0.3, 0.4) is 0 Å². The number of urea groups is 1. The van der Waals surface area contributed by atoms with E-state index in [9.17, 15) is 4.79 Å². The second kappa shape index (κ2) is 9.61. The van der Waals surface area contributed by atoms with Gasteiger partial charge in [-0.05, 0) is 37.5 Å². The second-order valence-electron chi connectivity index (χ2n) is 5.68. The van der Waals surface area contributed by atoms with Crippen LogP contribution in [0.2, 0.25) is 0 Å². The van der Waals surface area contributed by atoms with Crippen molar-refractivity contribution in [2.75, 3.05) is 5.32 Å². The number of rotatable bonds is 3. The van der Waals surface area contributed by atoms with E-state index in [1.165, 1.54) is 5.56 Å². The molecule has 3 heteroatoms. The smallest absolute Gasteiger partial charge is 0.319 e. The van der Waals surface area contributed by atoms with Crippen LogP contribution in [0, 0.1) is 0 Å². The summed E-state index contributed by atoms with van der Waals surface area (Å²) in [6.45, 7) is 8.16. The molecule has 2 rings (SSSR count). The highest BCUT2D eigenvalue weighted by Gasteiger charge is 2.03. The largest absolute Gasteiger partial charge is 0.336 e. The Bertz CT molecular complexity index is 506. The predicted molar refractivity (Wildman–Crippen MR) is 94.3 cm³/mol. The highest BCUT2D eigenvalue weighted by molar-refractivity contribution is 5.89. The van der Waals surface area contributed by atoms with Gasteiger partial charge < -0.3 is 10.6 Å². The lowest BCUT2D eigenvalue weighted by molar-refractivity contribution is 0.250. The summed E-state index contributed by atoms with van der Waals surface area (Å²) in [6, 6.07) is 19.9. The quantitative estimate of drug-likeness (QED) is 0.820. The van der Waals surface area contributed by atoms with Gasteiger partial charge in [-0.1, -0.05) is 62.4 Å². The standard InChI is InChI=1S/C13H20N2O.C6H6/c1-9(2)11-5-7-12(8-6-11)15-13(16)14-10(3)4;1-2-4-6-5-3-1/h5-10H,1-4H3,(H2,14,15,16);1-6H. The van der Waals surface area contributed by atoms with E-state index in [4.69, 9.17) is 0 Å². The molecular weight excluding hydrogens is 272 g/mol. The van der Waals surface area contributed by atoms with Gasteiger partial charge in [0, 0.05) is 11.7 Å². The summed E-state index contributed by atoms with van der Waals surface area (Å²) in [6.07, 6.45) is 0. The monoisotopic (exact) mass is 298 g/mol. The first kappa shape index (κ1) is 17.8. The van der Waals surface area contributed by atoms with Gasteiger partial charge in [0.2, 0.25) is 0 Å². The van der Waals surface area contributed by atoms with E-state index < -0.39 is 0 Å². The third-order valence-corrected chi connectivity index (χ3v) is 2.92. The summed E-state index contributed by atoms with van der Waals surface area (Å²) in [5.41, 5.74) is 2.09. The van der Waals surface area contributed by atoms with Crippen molar-refractivity contribution in [3.05, 3.63) is 66.2 Å². The number of hydrogen-bond donors (Lipinski definition) is 2. The van der Waals surface area contributed by atoms with Gasteiger partial charge in [-0.3, -0.25) is 0 Å². The summed E-state index contributed by atoms with van der Waals surface area (Å²) < 4.78 is 0. The van der Waals surface area contributed by atoms with Gasteiger partial charge in [-0.2, -0.15) is 0 Å². The molecule has 2 aromatic carbocycles. The number of benzene rings is 2. The summed E-state index contributed by atoms with van der Waals surface area (Å²) in [4.78, 5) is 11.4. The first-order valence-corrected chi connectivity index (χ1v) is 7.66. The van der Waals surface area contributed by atoms with Gasteiger partial charge in [0.15, 0.2) is 0 Å². The van der Waals surface area contributed by atoms with Crippen LogP contribution in [0.5, 0.6) is 0 Å². The Balaban J connectivity index is 0.000000335. The van der Waals surface area contributed by atoms with Crippen molar-refractivity contribution in [3.8, 4) is 0 Å². The zero-order valence-corrected chi connectivity index (χ0v) is 13.8. The topological polar surface area (TPSA) is 41.1 Å². The van der Waals surface area contributed by atoms with Crippen molar-refractivity contribution in [1.29, 1.82) is 0 Å². The van der Waals surface area contributed by atoms with E-state index in [2.05, 4.69) is 24.5 Å². The molecule has 0 spiro atoms. The van der Waals surface area contributed by atoms with Crippen LogP contribution in [-0.2, 0) is 0 Å². The minimum absolute atomic E-state index is 0.148. The predicted octanol–water partition coefficient (Wildman–Crippen LogP) is 5.03.